The third kappa shape index (κ3) is 8.39. The van der Waals surface area contributed by atoms with Crippen LogP contribution in [0.2, 0.25) is 5.02 Å². The summed E-state index contributed by atoms with van der Waals surface area (Å²) in [6, 6.07) is 21.2. The van der Waals surface area contributed by atoms with Gasteiger partial charge in [-0.15, -0.1) is 0 Å². The van der Waals surface area contributed by atoms with Crippen LogP contribution in [0.3, 0.4) is 0 Å². The predicted octanol–water partition coefficient (Wildman–Crippen LogP) is 7.29. The Labute approximate surface area is 269 Å². The molecular formula is C33H36Cl2N2O6S. The van der Waals surface area contributed by atoms with Crippen molar-refractivity contribution < 1.29 is 27.5 Å². The third-order valence-electron chi connectivity index (χ3n) is 6.47. The monoisotopic (exact) mass is 658 g/mol. The number of nitriles is 1. The van der Waals surface area contributed by atoms with E-state index < -0.39 is 50.6 Å². The van der Waals surface area contributed by atoms with Crippen LogP contribution < -0.4 is 0 Å². The molecule has 234 valence electrons. The van der Waals surface area contributed by atoms with Crippen LogP contribution in [0.25, 0.3) is 11.1 Å². The van der Waals surface area contributed by atoms with Gasteiger partial charge in [0, 0.05) is 10.9 Å². The van der Waals surface area contributed by atoms with E-state index in [2.05, 4.69) is 0 Å². The number of nitrogens with zero attached hydrogens (tertiary/aromatic N) is 2. The van der Waals surface area contributed by atoms with Crippen molar-refractivity contribution in [3.8, 4) is 17.2 Å². The first-order valence-electron chi connectivity index (χ1n) is 13.8. The van der Waals surface area contributed by atoms with Gasteiger partial charge in [0.15, 0.2) is 0 Å². The summed E-state index contributed by atoms with van der Waals surface area (Å²) < 4.78 is 40.7. The Kier molecular flexibility index (Phi) is 10.6. The van der Waals surface area contributed by atoms with Gasteiger partial charge in [0.2, 0.25) is 15.0 Å². The number of halogens is 2. The number of ether oxygens (including phenoxy) is 2. The number of hydrogen-bond donors (Lipinski definition) is 0. The van der Waals surface area contributed by atoms with E-state index in [0.29, 0.717) is 20.5 Å². The number of esters is 2. The normalized spacial score (nSPS) is 14.3. The van der Waals surface area contributed by atoms with Crippen LogP contribution in [-0.4, -0.2) is 47.4 Å². The van der Waals surface area contributed by atoms with Crippen LogP contribution in [0.5, 0.6) is 0 Å². The minimum Gasteiger partial charge on any atom is -0.459 e. The number of rotatable bonds is 9. The van der Waals surface area contributed by atoms with Gasteiger partial charge in [-0.05, 0) is 94.6 Å². The summed E-state index contributed by atoms with van der Waals surface area (Å²) in [7, 11) is -4.66. The Hall–Kier alpha value is -3.42. The van der Waals surface area contributed by atoms with Crippen molar-refractivity contribution in [1.82, 2.24) is 4.31 Å². The van der Waals surface area contributed by atoms with Gasteiger partial charge in [0.05, 0.1) is 16.5 Å². The topological polar surface area (TPSA) is 114 Å². The van der Waals surface area contributed by atoms with Crippen molar-refractivity contribution in [2.45, 2.75) is 75.5 Å². The number of hydrogen-bond acceptors (Lipinski definition) is 7. The van der Waals surface area contributed by atoms with E-state index in [9.17, 15) is 23.3 Å². The van der Waals surface area contributed by atoms with Crippen molar-refractivity contribution in [2.75, 3.05) is 6.54 Å². The molecule has 0 spiro atoms. The molecule has 0 saturated heterocycles. The molecule has 2 atom stereocenters. The van der Waals surface area contributed by atoms with Crippen molar-refractivity contribution in [3.05, 3.63) is 88.9 Å². The first-order valence-corrected chi connectivity index (χ1v) is 16.0. The van der Waals surface area contributed by atoms with E-state index in [-0.39, 0.29) is 4.90 Å². The predicted molar refractivity (Wildman–Crippen MR) is 171 cm³/mol. The number of carbonyl (C=O) groups is 2. The van der Waals surface area contributed by atoms with E-state index in [1.54, 1.807) is 97.0 Å². The van der Waals surface area contributed by atoms with Crippen molar-refractivity contribution >= 4 is 45.2 Å². The SMILES string of the molecule is C[C@@H](c1ccc(C#N)cc1)[C@@](Cl)(C(=O)OC(C)(C)C)N(CC(=O)OC(C)(C)C)S(=O)(=O)c1ccc(-c2ccc(Cl)cc2)cc1. The Morgan fingerprint density at radius 2 is 1.32 bits per heavy atom. The Bertz CT molecular complexity index is 1640. The largest absolute Gasteiger partial charge is 0.459 e. The van der Waals surface area contributed by atoms with Crippen molar-refractivity contribution in [2.24, 2.45) is 0 Å². The maximum atomic E-state index is 14.4. The smallest absolute Gasteiger partial charge is 0.344 e. The maximum absolute atomic E-state index is 14.4. The first kappa shape index (κ1) is 35.1. The Morgan fingerprint density at radius 1 is 0.841 bits per heavy atom. The quantitative estimate of drug-likeness (QED) is 0.135. The summed E-state index contributed by atoms with van der Waals surface area (Å²) in [5.74, 6) is -3.05. The van der Waals surface area contributed by atoms with E-state index in [1.807, 2.05) is 6.07 Å². The highest BCUT2D eigenvalue weighted by molar-refractivity contribution is 7.89. The van der Waals surface area contributed by atoms with Gasteiger partial charge >= 0.3 is 11.9 Å². The molecule has 0 bridgehead atoms. The van der Waals surface area contributed by atoms with Gasteiger partial charge in [-0.3, -0.25) is 4.79 Å². The molecule has 0 aliphatic carbocycles. The highest BCUT2D eigenvalue weighted by Crippen LogP contribution is 2.42. The standard InChI is InChI=1S/C33H36Cl2N2O6S/c1-22(24-10-8-23(20-36)9-11-24)33(35,30(39)43-32(5,6)7)37(21-29(38)42-31(2,3)4)44(40,41)28-18-14-26(15-19-28)25-12-16-27(34)17-13-25/h8-19,22H,21H2,1-7H3/t22-,33-/m0/s1. The van der Waals surface area contributed by atoms with Gasteiger partial charge in [0.1, 0.15) is 17.7 Å². The number of alkyl halides is 1. The van der Waals surface area contributed by atoms with E-state index in [0.717, 1.165) is 11.1 Å². The summed E-state index contributed by atoms with van der Waals surface area (Å²) in [5, 5.41) is 9.82. The van der Waals surface area contributed by atoms with E-state index >= 15 is 0 Å². The molecule has 0 aliphatic heterocycles. The zero-order chi connectivity index (χ0) is 33.1. The lowest BCUT2D eigenvalue weighted by molar-refractivity contribution is -0.165. The fourth-order valence-electron chi connectivity index (χ4n) is 4.37. The van der Waals surface area contributed by atoms with Crippen molar-refractivity contribution in [3.63, 3.8) is 0 Å². The van der Waals surface area contributed by atoms with Crippen LogP contribution in [0.4, 0.5) is 0 Å². The van der Waals surface area contributed by atoms with Crippen LogP contribution in [0.15, 0.2) is 77.7 Å². The second-order valence-corrected chi connectivity index (χ2v) is 15.1. The molecule has 44 heavy (non-hydrogen) atoms. The molecule has 0 amide bonds. The number of carbonyl (C=O) groups excluding carboxylic acids is 2. The number of benzene rings is 3. The third-order valence-corrected chi connectivity index (χ3v) is 9.38. The first-order chi connectivity index (χ1) is 20.3. The summed E-state index contributed by atoms with van der Waals surface area (Å²) >= 11 is 13.2. The molecule has 3 rings (SSSR count). The summed E-state index contributed by atoms with van der Waals surface area (Å²) in [6.07, 6.45) is 0. The van der Waals surface area contributed by atoms with Crippen LogP contribution in [-0.2, 0) is 29.1 Å². The lowest BCUT2D eigenvalue weighted by Gasteiger charge is -2.41. The summed E-state index contributed by atoms with van der Waals surface area (Å²) in [5.41, 5.74) is 0.313. The van der Waals surface area contributed by atoms with Crippen LogP contribution in [0, 0.1) is 11.3 Å². The van der Waals surface area contributed by atoms with Crippen LogP contribution in [0.1, 0.15) is 65.5 Å². The Morgan fingerprint density at radius 3 is 1.77 bits per heavy atom. The van der Waals surface area contributed by atoms with Gasteiger partial charge < -0.3 is 9.47 Å². The molecule has 3 aromatic rings. The highest BCUT2D eigenvalue weighted by Gasteiger charge is 2.56. The minimum absolute atomic E-state index is 0.209. The zero-order valence-electron chi connectivity index (χ0n) is 25.7. The van der Waals surface area contributed by atoms with Crippen LogP contribution >= 0.6 is 23.2 Å². The highest BCUT2D eigenvalue weighted by atomic mass is 35.5. The van der Waals surface area contributed by atoms with Crippen molar-refractivity contribution in [1.29, 1.82) is 5.26 Å². The molecule has 0 heterocycles. The maximum Gasteiger partial charge on any atom is 0.344 e. The van der Waals surface area contributed by atoms with Gasteiger partial charge in [-0.2, -0.15) is 9.57 Å². The zero-order valence-corrected chi connectivity index (χ0v) is 28.0. The minimum atomic E-state index is -4.66. The molecule has 0 radical (unpaired) electrons. The lowest BCUT2D eigenvalue weighted by atomic mass is 9.91. The number of sulfonamides is 1. The average Bonchev–Trinajstić information content (AvgIpc) is 2.93. The fraction of sp³-hybridized carbons (Fsp3) is 0.364. The molecule has 0 aromatic heterocycles. The second-order valence-electron chi connectivity index (χ2n) is 12.3. The Balaban J connectivity index is 2.22. The molecule has 0 saturated carbocycles. The lowest BCUT2D eigenvalue weighted by Crippen LogP contribution is -2.59. The van der Waals surface area contributed by atoms with E-state index in [4.69, 9.17) is 32.7 Å². The van der Waals surface area contributed by atoms with Gasteiger partial charge in [-0.25, -0.2) is 13.2 Å². The van der Waals surface area contributed by atoms with E-state index in [1.165, 1.54) is 24.3 Å². The molecule has 0 N–H and O–H groups in total. The average molecular weight is 660 g/mol. The summed E-state index contributed by atoms with van der Waals surface area (Å²) in [6.45, 7) is 10.5. The molecule has 0 unspecified atom stereocenters. The fourth-order valence-corrected chi connectivity index (χ4v) is 6.58. The molecular weight excluding hydrogens is 623 g/mol. The van der Waals surface area contributed by atoms with Gasteiger partial charge in [-0.1, -0.05) is 66.5 Å². The molecule has 8 nitrogen and oxygen atoms in total. The molecule has 0 fully saturated rings. The second kappa shape index (κ2) is 13.3. The molecule has 0 aliphatic rings. The van der Waals surface area contributed by atoms with Gasteiger partial charge in [0.25, 0.3) is 0 Å². The molecule has 11 heteroatoms. The summed E-state index contributed by atoms with van der Waals surface area (Å²) in [4.78, 5) is 24.6. The molecule has 3 aromatic carbocycles.